The molecular formula is C12H19N3O3S. The zero-order valence-corrected chi connectivity index (χ0v) is 12.2. The van der Waals surface area contributed by atoms with E-state index in [-0.39, 0.29) is 12.5 Å². The minimum absolute atomic E-state index is 0.0444. The van der Waals surface area contributed by atoms with Crippen LogP contribution in [-0.2, 0) is 16.1 Å². The van der Waals surface area contributed by atoms with Gasteiger partial charge in [-0.3, -0.25) is 9.48 Å². The van der Waals surface area contributed by atoms with Crippen LogP contribution in [0.5, 0.6) is 0 Å². The maximum Gasteiger partial charge on any atom is 0.326 e. The summed E-state index contributed by atoms with van der Waals surface area (Å²) in [6.07, 6.45) is 2.32. The number of carbonyl (C=O) groups excluding carboxylic acids is 1. The van der Waals surface area contributed by atoms with Crippen LogP contribution in [0.1, 0.15) is 17.8 Å². The Morgan fingerprint density at radius 2 is 2.21 bits per heavy atom. The minimum Gasteiger partial charge on any atom is -0.480 e. The number of carboxylic acids is 1. The summed E-state index contributed by atoms with van der Waals surface area (Å²) in [6, 6.07) is 1.03. The Bertz CT molecular complexity index is 459. The van der Waals surface area contributed by atoms with E-state index in [1.165, 1.54) is 0 Å². The van der Waals surface area contributed by atoms with Crippen LogP contribution in [0, 0.1) is 13.8 Å². The van der Waals surface area contributed by atoms with Crippen molar-refractivity contribution < 1.29 is 14.7 Å². The molecule has 6 nitrogen and oxygen atoms in total. The summed E-state index contributed by atoms with van der Waals surface area (Å²) in [5, 5.41) is 15.7. The Balaban J connectivity index is 2.57. The van der Waals surface area contributed by atoms with E-state index in [4.69, 9.17) is 5.11 Å². The van der Waals surface area contributed by atoms with Gasteiger partial charge in [0.25, 0.3) is 0 Å². The molecule has 0 aliphatic heterocycles. The second-order valence-corrected chi connectivity index (χ2v) is 5.31. The van der Waals surface area contributed by atoms with Gasteiger partial charge in [0, 0.05) is 5.69 Å². The number of aliphatic carboxylic acids is 1. The summed E-state index contributed by atoms with van der Waals surface area (Å²) in [6.45, 7) is 3.75. The van der Waals surface area contributed by atoms with Gasteiger partial charge in [0.05, 0.1) is 5.69 Å². The van der Waals surface area contributed by atoms with Crippen molar-refractivity contribution in [1.29, 1.82) is 0 Å². The molecule has 0 bridgehead atoms. The van der Waals surface area contributed by atoms with Gasteiger partial charge >= 0.3 is 5.97 Å². The summed E-state index contributed by atoms with van der Waals surface area (Å²) < 4.78 is 1.57. The molecule has 1 aromatic rings. The first kappa shape index (κ1) is 15.6. The maximum absolute atomic E-state index is 11.8. The normalized spacial score (nSPS) is 12.2. The molecule has 0 spiro atoms. The lowest BCUT2D eigenvalue weighted by molar-refractivity contribution is -0.142. The van der Waals surface area contributed by atoms with Gasteiger partial charge in [-0.2, -0.15) is 16.9 Å². The van der Waals surface area contributed by atoms with Gasteiger partial charge in [-0.15, -0.1) is 0 Å². The fraction of sp³-hybridized carbons (Fsp3) is 0.583. The van der Waals surface area contributed by atoms with Crippen LogP contribution in [0.3, 0.4) is 0 Å². The van der Waals surface area contributed by atoms with E-state index in [1.54, 1.807) is 16.4 Å². The first-order chi connectivity index (χ1) is 8.93. The van der Waals surface area contributed by atoms with Crippen molar-refractivity contribution in [2.75, 3.05) is 12.0 Å². The standard InChI is InChI=1S/C12H19N3O3S/c1-8-6-9(2)15(14-8)7-11(16)13-10(12(17)18)4-5-19-3/h6,10H,4-5,7H2,1-3H3,(H,13,16)(H,17,18). The van der Waals surface area contributed by atoms with Gasteiger partial charge in [0.1, 0.15) is 12.6 Å². The molecule has 0 saturated carbocycles. The molecule has 1 unspecified atom stereocenters. The zero-order valence-electron chi connectivity index (χ0n) is 11.3. The Hall–Kier alpha value is -1.50. The number of aryl methyl sites for hydroxylation is 2. The number of nitrogens with one attached hydrogen (secondary N) is 1. The molecular weight excluding hydrogens is 266 g/mol. The smallest absolute Gasteiger partial charge is 0.326 e. The van der Waals surface area contributed by atoms with E-state index >= 15 is 0 Å². The largest absolute Gasteiger partial charge is 0.480 e. The van der Waals surface area contributed by atoms with E-state index in [0.717, 1.165) is 11.4 Å². The van der Waals surface area contributed by atoms with E-state index in [2.05, 4.69) is 10.4 Å². The highest BCUT2D eigenvalue weighted by molar-refractivity contribution is 7.98. The van der Waals surface area contributed by atoms with E-state index < -0.39 is 12.0 Å². The predicted octanol–water partition coefficient (Wildman–Crippen LogP) is 0.822. The van der Waals surface area contributed by atoms with Gasteiger partial charge in [-0.1, -0.05) is 0 Å². The molecule has 1 aromatic heterocycles. The fourth-order valence-corrected chi connectivity index (χ4v) is 2.18. The molecule has 106 valence electrons. The van der Waals surface area contributed by atoms with Crippen molar-refractivity contribution in [2.45, 2.75) is 32.9 Å². The third kappa shape index (κ3) is 4.94. The van der Waals surface area contributed by atoms with Crippen LogP contribution in [0.2, 0.25) is 0 Å². The molecule has 1 amide bonds. The van der Waals surface area contributed by atoms with Gasteiger partial charge in [-0.05, 0) is 38.3 Å². The predicted molar refractivity (Wildman–Crippen MR) is 74.3 cm³/mol. The third-order valence-corrected chi connectivity index (χ3v) is 3.28. The fourth-order valence-electron chi connectivity index (χ4n) is 1.70. The SMILES string of the molecule is CSCCC(NC(=O)Cn1nc(C)cc1C)C(=O)O. The number of carboxylic acid groups (broad SMARTS) is 1. The number of carbonyl (C=O) groups is 2. The minimum atomic E-state index is -1.00. The van der Waals surface area contributed by atoms with Crippen LogP contribution in [0.4, 0.5) is 0 Å². The van der Waals surface area contributed by atoms with Crippen LogP contribution < -0.4 is 5.32 Å². The van der Waals surface area contributed by atoms with Crippen LogP contribution in [0.25, 0.3) is 0 Å². The molecule has 0 radical (unpaired) electrons. The molecule has 0 aromatic carbocycles. The summed E-state index contributed by atoms with van der Waals surface area (Å²) in [4.78, 5) is 22.8. The molecule has 2 N–H and O–H groups in total. The average molecular weight is 285 g/mol. The van der Waals surface area contributed by atoms with Crippen molar-refractivity contribution in [3.05, 3.63) is 17.5 Å². The zero-order chi connectivity index (χ0) is 14.4. The molecule has 19 heavy (non-hydrogen) atoms. The van der Waals surface area contributed by atoms with Crippen molar-refractivity contribution in [2.24, 2.45) is 0 Å². The van der Waals surface area contributed by atoms with Gasteiger partial charge in [0.15, 0.2) is 0 Å². The number of nitrogens with zero attached hydrogens (tertiary/aromatic N) is 2. The summed E-state index contributed by atoms with van der Waals surface area (Å²) in [5.41, 5.74) is 1.71. The van der Waals surface area contributed by atoms with Crippen molar-refractivity contribution >= 4 is 23.6 Å². The maximum atomic E-state index is 11.8. The van der Waals surface area contributed by atoms with Gasteiger partial charge in [0.2, 0.25) is 5.91 Å². The Labute approximate surface area is 116 Å². The van der Waals surface area contributed by atoms with Crippen LogP contribution >= 0.6 is 11.8 Å². The lowest BCUT2D eigenvalue weighted by Crippen LogP contribution is -2.42. The second kappa shape index (κ2) is 7.18. The lowest BCUT2D eigenvalue weighted by Gasteiger charge is -2.14. The highest BCUT2D eigenvalue weighted by Gasteiger charge is 2.19. The number of hydrogen-bond acceptors (Lipinski definition) is 4. The Morgan fingerprint density at radius 3 is 2.68 bits per heavy atom. The monoisotopic (exact) mass is 285 g/mol. The molecule has 0 saturated heterocycles. The summed E-state index contributed by atoms with van der Waals surface area (Å²) in [5.74, 6) is -0.646. The van der Waals surface area contributed by atoms with E-state index in [0.29, 0.717) is 12.2 Å². The molecule has 0 aliphatic carbocycles. The first-order valence-electron chi connectivity index (χ1n) is 5.96. The van der Waals surface area contributed by atoms with Crippen molar-refractivity contribution in [3.8, 4) is 0 Å². The van der Waals surface area contributed by atoms with Gasteiger partial charge < -0.3 is 10.4 Å². The van der Waals surface area contributed by atoms with E-state index in [9.17, 15) is 9.59 Å². The summed E-state index contributed by atoms with van der Waals surface area (Å²) >= 11 is 1.55. The first-order valence-corrected chi connectivity index (χ1v) is 7.35. The van der Waals surface area contributed by atoms with Crippen LogP contribution in [0.15, 0.2) is 6.07 Å². The molecule has 1 atom stereocenters. The van der Waals surface area contributed by atoms with Gasteiger partial charge in [-0.25, -0.2) is 4.79 Å². The number of rotatable bonds is 7. The third-order valence-electron chi connectivity index (χ3n) is 2.64. The molecule has 0 aliphatic rings. The molecule has 0 fully saturated rings. The molecule has 1 rings (SSSR count). The molecule has 7 heteroatoms. The number of hydrogen-bond donors (Lipinski definition) is 2. The average Bonchev–Trinajstić information content (AvgIpc) is 2.62. The second-order valence-electron chi connectivity index (χ2n) is 4.32. The highest BCUT2D eigenvalue weighted by Crippen LogP contribution is 2.03. The Morgan fingerprint density at radius 1 is 1.53 bits per heavy atom. The van der Waals surface area contributed by atoms with Crippen LogP contribution in [-0.4, -0.2) is 44.8 Å². The Kier molecular flexibility index (Phi) is 5.88. The number of amides is 1. The summed E-state index contributed by atoms with van der Waals surface area (Å²) in [7, 11) is 0. The van der Waals surface area contributed by atoms with Crippen molar-refractivity contribution in [1.82, 2.24) is 15.1 Å². The van der Waals surface area contributed by atoms with E-state index in [1.807, 2.05) is 26.2 Å². The topological polar surface area (TPSA) is 84.2 Å². The molecule has 1 heterocycles. The lowest BCUT2D eigenvalue weighted by atomic mass is 10.2. The van der Waals surface area contributed by atoms with Crippen molar-refractivity contribution in [3.63, 3.8) is 0 Å². The quantitative estimate of drug-likeness (QED) is 0.775. The number of aromatic nitrogens is 2. The number of thioether (sulfide) groups is 1. The highest BCUT2D eigenvalue weighted by atomic mass is 32.2.